The minimum Gasteiger partial charge on any atom is -0.259 e. The lowest BCUT2D eigenvalue weighted by Gasteiger charge is -2.10. The van der Waals surface area contributed by atoms with Crippen LogP contribution in [-0.2, 0) is 9.59 Å². The van der Waals surface area contributed by atoms with E-state index in [0.29, 0.717) is 35.4 Å². The molecule has 0 amide bonds. The standard InChI is InChI=1S/C12H8N2O2/c15-7-9-1-3-13-11(5-9)12-6-10(8-16)2-4-14-12/h3-6H,1-2H2. The molecule has 0 aliphatic carbocycles. The monoisotopic (exact) mass is 212 g/mol. The number of nitrogens with zero attached hydrogens (tertiary/aromatic N) is 2. The van der Waals surface area contributed by atoms with E-state index in [-0.39, 0.29) is 0 Å². The average Bonchev–Trinajstić information content (AvgIpc) is 2.39. The SMILES string of the molecule is O=C=C1C=C(C2=CC(=C=O)CC=N2)N=CC1. The van der Waals surface area contributed by atoms with Crippen LogP contribution >= 0.6 is 0 Å². The number of hydrogen-bond donors (Lipinski definition) is 0. The van der Waals surface area contributed by atoms with Crippen molar-refractivity contribution in [1.29, 1.82) is 0 Å². The molecule has 2 aliphatic heterocycles. The van der Waals surface area contributed by atoms with Gasteiger partial charge in [0, 0.05) is 36.4 Å². The quantitative estimate of drug-likeness (QED) is 0.613. The van der Waals surface area contributed by atoms with Crippen LogP contribution in [0.4, 0.5) is 0 Å². The first kappa shape index (κ1) is 10.2. The molecule has 4 heteroatoms. The van der Waals surface area contributed by atoms with Gasteiger partial charge in [-0.15, -0.1) is 0 Å². The summed E-state index contributed by atoms with van der Waals surface area (Å²) in [6.07, 6.45) is 7.49. The van der Waals surface area contributed by atoms with Crippen molar-refractivity contribution in [3.05, 3.63) is 34.7 Å². The van der Waals surface area contributed by atoms with Crippen molar-refractivity contribution in [3.63, 3.8) is 0 Å². The molecule has 0 unspecified atom stereocenters. The number of hydrogen-bond acceptors (Lipinski definition) is 4. The maximum atomic E-state index is 10.5. The average molecular weight is 212 g/mol. The molecule has 0 atom stereocenters. The molecule has 2 heterocycles. The third-order valence-electron chi connectivity index (χ3n) is 2.23. The summed E-state index contributed by atoms with van der Waals surface area (Å²) in [5.41, 5.74) is 2.22. The summed E-state index contributed by atoms with van der Waals surface area (Å²) in [6, 6.07) is 0. The van der Waals surface area contributed by atoms with E-state index in [1.165, 1.54) is 0 Å². The molecule has 78 valence electrons. The summed E-state index contributed by atoms with van der Waals surface area (Å²) in [5.74, 6) is 3.67. The number of allylic oxidation sites excluding steroid dienone is 4. The van der Waals surface area contributed by atoms with Gasteiger partial charge >= 0.3 is 0 Å². The topological polar surface area (TPSA) is 58.9 Å². The molecular formula is C12H8N2O2. The highest BCUT2D eigenvalue weighted by Gasteiger charge is 2.11. The second kappa shape index (κ2) is 4.49. The highest BCUT2D eigenvalue weighted by Crippen LogP contribution is 2.23. The van der Waals surface area contributed by atoms with Gasteiger partial charge in [-0.1, -0.05) is 0 Å². The lowest BCUT2D eigenvalue weighted by Crippen LogP contribution is -1.99. The van der Waals surface area contributed by atoms with E-state index in [2.05, 4.69) is 9.98 Å². The van der Waals surface area contributed by atoms with Gasteiger partial charge in [0.2, 0.25) is 0 Å². The molecule has 0 radical (unpaired) electrons. The molecule has 0 saturated heterocycles. The van der Waals surface area contributed by atoms with E-state index >= 15 is 0 Å². The molecule has 0 aromatic heterocycles. The van der Waals surface area contributed by atoms with Gasteiger partial charge in [0.1, 0.15) is 11.9 Å². The maximum Gasteiger partial charge on any atom is 0.128 e. The molecule has 2 rings (SSSR count). The molecule has 0 aromatic carbocycles. The largest absolute Gasteiger partial charge is 0.259 e. The fraction of sp³-hybridized carbons (Fsp3) is 0.167. The summed E-state index contributed by atoms with van der Waals surface area (Å²) < 4.78 is 0. The van der Waals surface area contributed by atoms with Gasteiger partial charge in [-0.3, -0.25) is 9.98 Å². The predicted octanol–water partition coefficient (Wildman–Crippen LogP) is 1.22. The van der Waals surface area contributed by atoms with E-state index in [9.17, 15) is 9.59 Å². The van der Waals surface area contributed by atoms with Crippen molar-refractivity contribution in [2.24, 2.45) is 9.98 Å². The van der Waals surface area contributed by atoms with E-state index in [4.69, 9.17) is 0 Å². The minimum atomic E-state index is 0.486. The zero-order chi connectivity index (χ0) is 11.4. The van der Waals surface area contributed by atoms with Gasteiger partial charge in [-0.25, -0.2) is 9.59 Å². The van der Waals surface area contributed by atoms with Crippen LogP contribution in [0.5, 0.6) is 0 Å². The highest BCUT2D eigenvalue weighted by atomic mass is 16.1. The normalized spacial score (nSPS) is 18.8. The molecule has 0 N–H and O–H groups in total. The Labute approximate surface area is 92.1 Å². The van der Waals surface area contributed by atoms with Crippen LogP contribution in [0.25, 0.3) is 0 Å². The van der Waals surface area contributed by atoms with Crippen LogP contribution < -0.4 is 0 Å². The molecule has 16 heavy (non-hydrogen) atoms. The Morgan fingerprint density at radius 3 is 1.69 bits per heavy atom. The van der Waals surface area contributed by atoms with Crippen molar-refractivity contribution in [1.82, 2.24) is 0 Å². The summed E-state index contributed by atoms with van der Waals surface area (Å²) in [4.78, 5) is 29.3. The molecule has 0 aromatic rings. The Morgan fingerprint density at radius 1 is 0.875 bits per heavy atom. The van der Waals surface area contributed by atoms with E-state index in [1.807, 2.05) is 11.9 Å². The zero-order valence-electron chi connectivity index (χ0n) is 8.43. The van der Waals surface area contributed by atoms with Gasteiger partial charge in [-0.2, -0.15) is 0 Å². The second-order valence-corrected chi connectivity index (χ2v) is 3.35. The van der Waals surface area contributed by atoms with E-state index in [1.54, 1.807) is 24.6 Å². The molecule has 0 fully saturated rings. The van der Waals surface area contributed by atoms with Gasteiger partial charge in [0.25, 0.3) is 0 Å². The van der Waals surface area contributed by atoms with E-state index < -0.39 is 0 Å². The fourth-order valence-corrected chi connectivity index (χ4v) is 1.43. The van der Waals surface area contributed by atoms with Crippen LogP contribution in [0, 0.1) is 0 Å². The summed E-state index contributed by atoms with van der Waals surface area (Å²) in [5, 5.41) is 0. The van der Waals surface area contributed by atoms with Gasteiger partial charge in [0.15, 0.2) is 0 Å². The lowest BCUT2D eigenvalue weighted by atomic mass is 10.1. The van der Waals surface area contributed by atoms with E-state index in [0.717, 1.165) is 0 Å². The van der Waals surface area contributed by atoms with Crippen LogP contribution in [0.1, 0.15) is 12.8 Å². The number of aliphatic imine (C=N–C) groups is 2. The van der Waals surface area contributed by atoms with Gasteiger partial charge in [0.05, 0.1) is 11.4 Å². The molecular weight excluding hydrogens is 204 g/mol. The third-order valence-corrected chi connectivity index (χ3v) is 2.23. The summed E-state index contributed by atoms with van der Waals surface area (Å²) in [7, 11) is 0. The third kappa shape index (κ3) is 2.04. The number of rotatable bonds is 1. The fourth-order valence-electron chi connectivity index (χ4n) is 1.43. The minimum absolute atomic E-state index is 0.486. The Balaban J connectivity index is 2.39. The highest BCUT2D eigenvalue weighted by molar-refractivity contribution is 5.78. The molecule has 2 aliphatic rings. The first-order valence-electron chi connectivity index (χ1n) is 4.80. The maximum absolute atomic E-state index is 10.5. The molecule has 0 spiro atoms. The van der Waals surface area contributed by atoms with Crippen LogP contribution in [-0.4, -0.2) is 24.3 Å². The van der Waals surface area contributed by atoms with Crippen molar-refractivity contribution >= 4 is 24.3 Å². The molecule has 0 saturated carbocycles. The molecule has 4 nitrogen and oxygen atoms in total. The lowest BCUT2D eigenvalue weighted by molar-refractivity contribution is 0.566. The summed E-state index contributed by atoms with van der Waals surface area (Å²) >= 11 is 0. The molecule has 0 bridgehead atoms. The zero-order valence-corrected chi connectivity index (χ0v) is 8.43. The Kier molecular flexibility index (Phi) is 2.88. The smallest absolute Gasteiger partial charge is 0.128 e. The second-order valence-electron chi connectivity index (χ2n) is 3.35. The Hall–Kier alpha value is -2.28. The van der Waals surface area contributed by atoms with Crippen molar-refractivity contribution in [3.8, 4) is 0 Å². The van der Waals surface area contributed by atoms with Gasteiger partial charge in [-0.05, 0) is 12.2 Å². The summed E-state index contributed by atoms with van der Waals surface area (Å²) in [6.45, 7) is 0. The van der Waals surface area contributed by atoms with Gasteiger partial charge < -0.3 is 0 Å². The van der Waals surface area contributed by atoms with Crippen LogP contribution in [0.15, 0.2) is 44.7 Å². The first-order chi connectivity index (χ1) is 7.83. The number of carbonyl (C=O) groups excluding carboxylic acids is 2. The van der Waals surface area contributed by atoms with Crippen LogP contribution in [0.3, 0.4) is 0 Å². The Morgan fingerprint density at radius 2 is 1.31 bits per heavy atom. The van der Waals surface area contributed by atoms with Crippen molar-refractivity contribution < 1.29 is 9.59 Å². The first-order valence-corrected chi connectivity index (χ1v) is 4.80. The van der Waals surface area contributed by atoms with Crippen LogP contribution in [0.2, 0.25) is 0 Å². The van der Waals surface area contributed by atoms with Crippen molar-refractivity contribution in [2.75, 3.05) is 0 Å². The predicted molar refractivity (Wildman–Crippen MR) is 60.8 cm³/mol. The Bertz CT molecular complexity index is 487. The van der Waals surface area contributed by atoms with Crippen molar-refractivity contribution in [2.45, 2.75) is 12.8 Å².